The molecule has 1 unspecified atom stereocenters. The van der Waals surface area contributed by atoms with Crippen molar-refractivity contribution in [3.63, 3.8) is 0 Å². The van der Waals surface area contributed by atoms with Gasteiger partial charge in [0.25, 0.3) is 0 Å². The largest absolute Gasteiger partial charge is 0.308 e. The van der Waals surface area contributed by atoms with Crippen molar-refractivity contribution in [1.82, 2.24) is 20.1 Å². The van der Waals surface area contributed by atoms with Gasteiger partial charge in [0.15, 0.2) is 0 Å². The molecular formula is C16H20N4S. The summed E-state index contributed by atoms with van der Waals surface area (Å²) in [6.45, 7) is 5.13. The van der Waals surface area contributed by atoms with E-state index in [-0.39, 0.29) is 6.04 Å². The van der Waals surface area contributed by atoms with Crippen LogP contribution in [0.5, 0.6) is 0 Å². The summed E-state index contributed by atoms with van der Waals surface area (Å²) in [6.07, 6.45) is 3.03. The minimum absolute atomic E-state index is 0.246. The van der Waals surface area contributed by atoms with Crippen LogP contribution in [-0.2, 0) is 13.5 Å². The van der Waals surface area contributed by atoms with Crippen molar-refractivity contribution >= 4 is 21.6 Å². The first-order valence-corrected chi connectivity index (χ1v) is 8.07. The van der Waals surface area contributed by atoms with Gasteiger partial charge in [-0.25, -0.2) is 4.98 Å². The number of benzene rings is 1. The number of aromatic nitrogens is 3. The number of hydrogen-bond donors (Lipinski definition) is 1. The molecule has 2 aromatic heterocycles. The molecule has 0 saturated heterocycles. The van der Waals surface area contributed by atoms with Crippen molar-refractivity contribution in [2.45, 2.75) is 26.3 Å². The van der Waals surface area contributed by atoms with Crippen molar-refractivity contribution in [2.24, 2.45) is 7.05 Å². The highest BCUT2D eigenvalue weighted by Crippen LogP contribution is 2.28. The number of thiazole rings is 1. The van der Waals surface area contributed by atoms with E-state index in [9.17, 15) is 0 Å². The summed E-state index contributed by atoms with van der Waals surface area (Å²) >= 11 is 1.78. The van der Waals surface area contributed by atoms with Gasteiger partial charge in [-0.1, -0.05) is 19.1 Å². The van der Waals surface area contributed by atoms with Gasteiger partial charge in [-0.05, 0) is 37.6 Å². The third kappa shape index (κ3) is 2.99. The quantitative estimate of drug-likeness (QED) is 0.786. The summed E-state index contributed by atoms with van der Waals surface area (Å²) in [5.74, 6) is 0. The van der Waals surface area contributed by atoms with Gasteiger partial charge in [-0.2, -0.15) is 5.10 Å². The SMILES string of the molecule is CCNC(Cc1cn(C)nc1C)c1nc2ccccc2s1. The molecule has 0 bridgehead atoms. The summed E-state index contributed by atoms with van der Waals surface area (Å²) in [6, 6.07) is 8.56. The molecule has 0 aliphatic carbocycles. The van der Waals surface area contributed by atoms with Crippen molar-refractivity contribution < 1.29 is 0 Å². The first-order valence-electron chi connectivity index (χ1n) is 7.25. The van der Waals surface area contributed by atoms with Crippen LogP contribution in [0.3, 0.4) is 0 Å². The normalized spacial score (nSPS) is 12.9. The molecule has 0 aliphatic rings. The molecule has 0 saturated carbocycles. The molecule has 1 aromatic carbocycles. The molecule has 3 rings (SSSR count). The smallest absolute Gasteiger partial charge is 0.111 e. The molecule has 5 heteroatoms. The second-order valence-corrected chi connectivity index (χ2v) is 6.31. The molecule has 0 aliphatic heterocycles. The third-order valence-electron chi connectivity index (χ3n) is 3.60. The van der Waals surface area contributed by atoms with Gasteiger partial charge in [0.05, 0.1) is 22.0 Å². The molecule has 110 valence electrons. The molecule has 1 atom stereocenters. The van der Waals surface area contributed by atoms with Crippen LogP contribution in [-0.4, -0.2) is 21.3 Å². The van der Waals surface area contributed by atoms with Gasteiger partial charge in [0, 0.05) is 13.2 Å². The maximum atomic E-state index is 4.79. The van der Waals surface area contributed by atoms with Gasteiger partial charge >= 0.3 is 0 Å². The molecule has 1 N–H and O–H groups in total. The molecular weight excluding hydrogens is 280 g/mol. The summed E-state index contributed by atoms with van der Waals surface area (Å²) in [5, 5.41) is 9.14. The van der Waals surface area contributed by atoms with E-state index in [1.807, 2.05) is 17.8 Å². The fraction of sp³-hybridized carbons (Fsp3) is 0.375. The van der Waals surface area contributed by atoms with Crippen molar-refractivity contribution in [3.8, 4) is 0 Å². The van der Waals surface area contributed by atoms with Gasteiger partial charge in [-0.3, -0.25) is 4.68 Å². The topological polar surface area (TPSA) is 42.7 Å². The minimum atomic E-state index is 0.246. The third-order valence-corrected chi connectivity index (χ3v) is 4.75. The number of rotatable bonds is 5. The Balaban J connectivity index is 1.91. The average Bonchev–Trinajstić information content (AvgIpc) is 3.01. The molecule has 0 amide bonds. The molecule has 0 spiro atoms. The standard InChI is InChI=1S/C16H20N4S/c1-4-17-14(9-12-10-20(3)19-11(12)2)16-18-13-7-5-6-8-15(13)21-16/h5-8,10,14,17H,4,9H2,1-3H3. The minimum Gasteiger partial charge on any atom is -0.308 e. The van der Waals surface area contributed by atoms with Crippen LogP contribution in [0.4, 0.5) is 0 Å². The number of aryl methyl sites for hydroxylation is 2. The predicted octanol–water partition coefficient (Wildman–Crippen LogP) is 3.23. The summed E-state index contributed by atoms with van der Waals surface area (Å²) in [5.41, 5.74) is 3.47. The highest BCUT2D eigenvalue weighted by Gasteiger charge is 2.18. The average molecular weight is 300 g/mol. The Kier molecular flexibility index (Phi) is 4.03. The first-order chi connectivity index (χ1) is 10.2. The second kappa shape index (κ2) is 5.95. The molecule has 21 heavy (non-hydrogen) atoms. The summed E-state index contributed by atoms with van der Waals surface area (Å²) in [4.78, 5) is 4.79. The van der Waals surface area contributed by atoms with E-state index in [2.05, 4.69) is 48.7 Å². The zero-order valence-electron chi connectivity index (χ0n) is 12.6. The van der Waals surface area contributed by atoms with Gasteiger partial charge in [0.1, 0.15) is 5.01 Å². The Morgan fingerprint density at radius 3 is 2.81 bits per heavy atom. The van der Waals surface area contributed by atoms with Crippen LogP contribution in [0.2, 0.25) is 0 Å². The Hall–Kier alpha value is -1.72. The monoisotopic (exact) mass is 300 g/mol. The number of nitrogens with one attached hydrogen (secondary N) is 1. The molecule has 2 heterocycles. The van der Waals surface area contributed by atoms with Gasteiger partial charge in [-0.15, -0.1) is 11.3 Å². The van der Waals surface area contributed by atoms with E-state index in [0.717, 1.165) is 29.2 Å². The fourth-order valence-electron chi connectivity index (χ4n) is 2.60. The van der Waals surface area contributed by atoms with Crippen LogP contribution < -0.4 is 5.32 Å². The molecule has 3 aromatic rings. The lowest BCUT2D eigenvalue weighted by molar-refractivity contribution is 0.547. The van der Waals surface area contributed by atoms with Crippen molar-refractivity contribution in [2.75, 3.05) is 6.54 Å². The van der Waals surface area contributed by atoms with E-state index in [0.29, 0.717) is 0 Å². The number of para-hydroxylation sites is 1. The highest BCUT2D eigenvalue weighted by atomic mass is 32.1. The number of nitrogens with zero attached hydrogens (tertiary/aromatic N) is 3. The van der Waals surface area contributed by atoms with Gasteiger partial charge in [0.2, 0.25) is 0 Å². The maximum Gasteiger partial charge on any atom is 0.111 e. The van der Waals surface area contributed by atoms with Crippen LogP contribution in [0.1, 0.15) is 29.2 Å². The number of fused-ring (bicyclic) bond motifs is 1. The van der Waals surface area contributed by atoms with Crippen LogP contribution in [0.15, 0.2) is 30.5 Å². The number of likely N-dealkylation sites (N-methyl/N-ethyl adjacent to an activating group) is 1. The lowest BCUT2D eigenvalue weighted by Gasteiger charge is -2.14. The van der Waals surface area contributed by atoms with E-state index >= 15 is 0 Å². The second-order valence-electron chi connectivity index (χ2n) is 5.25. The number of hydrogen-bond acceptors (Lipinski definition) is 4. The lowest BCUT2D eigenvalue weighted by atomic mass is 10.1. The Morgan fingerprint density at radius 2 is 2.14 bits per heavy atom. The Bertz CT molecular complexity index is 711. The van der Waals surface area contributed by atoms with Crippen LogP contribution in [0.25, 0.3) is 10.2 Å². The molecule has 4 nitrogen and oxygen atoms in total. The Labute approximate surface area is 128 Å². The van der Waals surface area contributed by atoms with Gasteiger partial charge < -0.3 is 5.32 Å². The zero-order valence-corrected chi connectivity index (χ0v) is 13.4. The van der Waals surface area contributed by atoms with Crippen LogP contribution in [0, 0.1) is 6.92 Å². The van der Waals surface area contributed by atoms with Crippen molar-refractivity contribution in [1.29, 1.82) is 0 Å². The zero-order chi connectivity index (χ0) is 14.8. The highest BCUT2D eigenvalue weighted by molar-refractivity contribution is 7.18. The van der Waals surface area contributed by atoms with E-state index in [1.54, 1.807) is 11.3 Å². The molecule has 0 radical (unpaired) electrons. The molecule has 0 fully saturated rings. The summed E-state index contributed by atoms with van der Waals surface area (Å²) in [7, 11) is 1.97. The Morgan fingerprint density at radius 1 is 1.33 bits per heavy atom. The lowest BCUT2D eigenvalue weighted by Crippen LogP contribution is -2.22. The fourth-order valence-corrected chi connectivity index (χ4v) is 3.64. The van der Waals surface area contributed by atoms with E-state index in [1.165, 1.54) is 10.3 Å². The van der Waals surface area contributed by atoms with Crippen LogP contribution >= 0.6 is 11.3 Å². The van der Waals surface area contributed by atoms with E-state index < -0.39 is 0 Å². The van der Waals surface area contributed by atoms with E-state index in [4.69, 9.17) is 4.98 Å². The predicted molar refractivity (Wildman–Crippen MR) is 87.7 cm³/mol. The summed E-state index contributed by atoms with van der Waals surface area (Å²) < 4.78 is 3.13. The van der Waals surface area contributed by atoms with Crippen molar-refractivity contribution in [3.05, 3.63) is 46.7 Å². The first kappa shape index (κ1) is 14.2. The maximum absolute atomic E-state index is 4.79.